The molecule has 1 atom stereocenters. The van der Waals surface area contributed by atoms with E-state index in [1.165, 1.54) is 0 Å². The van der Waals surface area contributed by atoms with Crippen molar-refractivity contribution >= 4 is 36.4 Å². The fourth-order valence-electron chi connectivity index (χ4n) is 4.56. The Balaban J connectivity index is 0.00000193. The van der Waals surface area contributed by atoms with Crippen LogP contribution in [0.3, 0.4) is 0 Å². The molecule has 0 radical (unpaired) electrons. The molecular weight excluding hydrogens is 463 g/mol. The number of methoxy groups -OCH3 is 1. The second kappa shape index (κ2) is 12.3. The lowest BCUT2D eigenvalue weighted by Gasteiger charge is -2.36. The summed E-state index contributed by atoms with van der Waals surface area (Å²) in [6.07, 6.45) is 4.08. The zero-order valence-corrected chi connectivity index (χ0v) is 20.9. The Morgan fingerprint density at radius 1 is 1.15 bits per heavy atom. The number of ether oxygens (including phenoxy) is 1. The van der Waals surface area contributed by atoms with Crippen LogP contribution in [-0.2, 0) is 6.54 Å². The fourth-order valence-corrected chi connectivity index (χ4v) is 4.56. The van der Waals surface area contributed by atoms with Crippen LogP contribution in [0.25, 0.3) is 0 Å². The summed E-state index contributed by atoms with van der Waals surface area (Å²) in [6.45, 7) is 7.14. The Labute approximate surface area is 207 Å². The highest BCUT2D eigenvalue weighted by Gasteiger charge is 2.26. The third kappa shape index (κ3) is 6.22. The van der Waals surface area contributed by atoms with Gasteiger partial charge in [-0.15, -0.1) is 24.8 Å². The largest absolute Gasteiger partial charge is 0.497 e. The maximum absolute atomic E-state index is 13.3. The lowest BCUT2D eigenvalue weighted by Crippen LogP contribution is -2.50. The maximum Gasteiger partial charge on any atom is 0.263 e. The number of nitrogens with zero attached hydrogens (tertiary/aromatic N) is 3. The van der Waals surface area contributed by atoms with Crippen molar-refractivity contribution in [1.82, 2.24) is 14.8 Å². The molecule has 2 aliphatic rings. The van der Waals surface area contributed by atoms with Gasteiger partial charge in [0.25, 0.3) is 11.5 Å². The van der Waals surface area contributed by atoms with Gasteiger partial charge in [0, 0.05) is 50.7 Å². The molecule has 1 aromatic heterocycles. The number of pyridine rings is 1. The highest BCUT2D eigenvalue weighted by Crippen LogP contribution is 2.22. The number of hydrogen-bond acceptors (Lipinski definition) is 5. The molecule has 9 heteroatoms. The molecular formula is C24H34Cl2N4O3. The molecule has 2 fully saturated rings. The molecule has 7 nitrogen and oxygen atoms in total. The van der Waals surface area contributed by atoms with E-state index in [2.05, 4.69) is 16.3 Å². The van der Waals surface area contributed by atoms with Crippen molar-refractivity contribution in [3.63, 3.8) is 0 Å². The molecule has 3 heterocycles. The van der Waals surface area contributed by atoms with Crippen LogP contribution in [0.4, 0.5) is 5.69 Å². The summed E-state index contributed by atoms with van der Waals surface area (Å²) in [4.78, 5) is 30.5. The van der Waals surface area contributed by atoms with Gasteiger partial charge in [0.1, 0.15) is 11.3 Å². The SMILES string of the molecule is COc1cccc(N2CCN(C(=O)c3c(C)ccn(CC4CCCNC4)c3=O)CC2)c1.Cl.Cl. The first-order chi connectivity index (χ1) is 15.1. The number of benzene rings is 1. The first-order valence-corrected chi connectivity index (χ1v) is 11.2. The lowest BCUT2D eigenvalue weighted by atomic mass is 9.99. The number of nitrogens with one attached hydrogen (secondary N) is 1. The van der Waals surface area contributed by atoms with Crippen molar-refractivity contribution < 1.29 is 9.53 Å². The van der Waals surface area contributed by atoms with Crippen LogP contribution >= 0.6 is 24.8 Å². The van der Waals surface area contributed by atoms with Crippen LogP contribution in [0.2, 0.25) is 0 Å². The third-order valence-electron chi connectivity index (χ3n) is 6.43. The summed E-state index contributed by atoms with van der Waals surface area (Å²) in [5.41, 5.74) is 2.00. The van der Waals surface area contributed by atoms with Gasteiger partial charge in [-0.2, -0.15) is 0 Å². The van der Waals surface area contributed by atoms with Gasteiger partial charge in [0.15, 0.2) is 0 Å². The van der Waals surface area contributed by atoms with Gasteiger partial charge in [-0.3, -0.25) is 9.59 Å². The van der Waals surface area contributed by atoms with Gasteiger partial charge in [0.05, 0.1) is 7.11 Å². The molecule has 1 N–H and O–H groups in total. The highest BCUT2D eigenvalue weighted by molar-refractivity contribution is 5.95. The molecule has 1 unspecified atom stereocenters. The number of aryl methyl sites for hydroxylation is 1. The number of rotatable bonds is 5. The minimum atomic E-state index is -0.161. The van der Waals surface area contributed by atoms with Crippen molar-refractivity contribution in [2.45, 2.75) is 26.3 Å². The van der Waals surface area contributed by atoms with Crippen LogP contribution in [0, 0.1) is 12.8 Å². The van der Waals surface area contributed by atoms with Crippen LogP contribution in [0.5, 0.6) is 5.75 Å². The predicted octanol–water partition coefficient (Wildman–Crippen LogP) is 2.97. The van der Waals surface area contributed by atoms with Crippen molar-refractivity contribution in [3.8, 4) is 5.75 Å². The van der Waals surface area contributed by atoms with E-state index in [9.17, 15) is 9.59 Å². The van der Waals surface area contributed by atoms with E-state index in [0.717, 1.165) is 56.0 Å². The normalized spacial score (nSPS) is 18.2. The summed E-state index contributed by atoms with van der Waals surface area (Å²) in [6, 6.07) is 9.87. The molecule has 2 aromatic rings. The average molecular weight is 497 g/mol. The van der Waals surface area contributed by atoms with Crippen molar-refractivity contribution in [2.75, 3.05) is 51.3 Å². The van der Waals surface area contributed by atoms with E-state index in [-0.39, 0.29) is 36.3 Å². The Bertz CT molecular complexity index is 984. The molecule has 0 saturated carbocycles. The summed E-state index contributed by atoms with van der Waals surface area (Å²) in [7, 11) is 1.66. The Morgan fingerprint density at radius 3 is 2.58 bits per heavy atom. The zero-order valence-electron chi connectivity index (χ0n) is 19.3. The minimum absolute atomic E-state index is 0. The van der Waals surface area contributed by atoms with Gasteiger partial charge in [-0.25, -0.2) is 0 Å². The van der Waals surface area contributed by atoms with Crippen LogP contribution in [-0.4, -0.2) is 61.8 Å². The van der Waals surface area contributed by atoms with E-state index < -0.39 is 0 Å². The molecule has 2 aliphatic heterocycles. The smallest absolute Gasteiger partial charge is 0.263 e. The monoisotopic (exact) mass is 496 g/mol. The van der Waals surface area contributed by atoms with Crippen LogP contribution in [0.1, 0.15) is 28.8 Å². The fraction of sp³-hybridized carbons (Fsp3) is 0.500. The van der Waals surface area contributed by atoms with Gasteiger partial charge < -0.3 is 24.4 Å². The molecule has 182 valence electrons. The van der Waals surface area contributed by atoms with E-state index in [1.54, 1.807) is 11.7 Å². The highest BCUT2D eigenvalue weighted by atomic mass is 35.5. The van der Waals surface area contributed by atoms with E-state index in [4.69, 9.17) is 4.74 Å². The quantitative estimate of drug-likeness (QED) is 0.688. The number of anilines is 1. The number of hydrogen-bond donors (Lipinski definition) is 1. The van der Waals surface area contributed by atoms with Crippen molar-refractivity contribution in [2.24, 2.45) is 5.92 Å². The number of piperidine rings is 1. The van der Waals surface area contributed by atoms with Crippen LogP contribution < -0.4 is 20.5 Å². The van der Waals surface area contributed by atoms with Gasteiger partial charge in [-0.1, -0.05) is 6.07 Å². The number of carbonyl (C=O) groups excluding carboxylic acids is 1. The minimum Gasteiger partial charge on any atom is -0.497 e. The molecule has 0 spiro atoms. The molecule has 1 amide bonds. The predicted molar refractivity (Wildman–Crippen MR) is 137 cm³/mol. The Hall–Kier alpha value is -2.22. The molecule has 33 heavy (non-hydrogen) atoms. The summed E-state index contributed by atoms with van der Waals surface area (Å²) < 4.78 is 7.05. The molecule has 4 rings (SSSR count). The molecule has 0 bridgehead atoms. The average Bonchev–Trinajstić information content (AvgIpc) is 2.82. The Kier molecular flexibility index (Phi) is 10.1. The maximum atomic E-state index is 13.3. The lowest BCUT2D eigenvalue weighted by molar-refractivity contribution is 0.0743. The van der Waals surface area contributed by atoms with Gasteiger partial charge in [0.2, 0.25) is 0 Å². The topological polar surface area (TPSA) is 66.8 Å². The van der Waals surface area contributed by atoms with Crippen LogP contribution in [0.15, 0.2) is 41.3 Å². The van der Waals surface area contributed by atoms with Crippen molar-refractivity contribution in [1.29, 1.82) is 0 Å². The second-order valence-electron chi connectivity index (χ2n) is 8.52. The number of amides is 1. The molecule has 0 aliphatic carbocycles. The van der Waals surface area contributed by atoms with E-state index in [1.807, 2.05) is 42.3 Å². The van der Waals surface area contributed by atoms with Crippen molar-refractivity contribution in [3.05, 3.63) is 58.0 Å². The number of carbonyl (C=O) groups is 1. The first-order valence-electron chi connectivity index (χ1n) is 11.2. The summed E-state index contributed by atoms with van der Waals surface area (Å²) in [5.74, 6) is 1.11. The summed E-state index contributed by atoms with van der Waals surface area (Å²) >= 11 is 0. The number of piperazine rings is 1. The number of aromatic nitrogens is 1. The molecule has 1 aromatic carbocycles. The van der Waals surface area contributed by atoms with E-state index in [0.29, 0.717) is 31.1 Å². The zero-order chi connectivity index (χ0) is 21.8. The first kappa shape index (κ1) is 27.0. The number of halogens is 2. The van der Waals surface area contributed by atoms with Gasteiger partial charge in [-0.05, 0) is 62.5 Å². The van der Waals surface area contributed by atoms with Gasteiger partial charge >= 0.3 is 0 Å². The standard InChI is InChI=1S/C24H32N4O3.2ClH/c1-18-8-10-28(17-19-5-4-9-25-16-19)24(30)22(18)23(29)27-13-11-26(12-14-27)20-6-3-7-21(15-20)31-2;;/h3,6-8,10,15,19,25H,4-5,9,11-14,16-17H2,1-2H3;2*1H. The third-order valence-corrected chi connectivity index (χ3v) is 6.43. The van der Waals surface area contributed by atoms with E-state index >= 15 is 0 Å². The molecule has 2 saturated heterocycles. The Morgan fingerprint density at radius 2 is 1.91 bits per heavy atom. The summed E-state index contributed by atoms with van der Waals surface area (Å²) in [5, 5.41) is 3.40. The second-order valence-corrected chi connectivity index (χ2v) is 8.52.